The molecule has 0 spiro atoms. The number of aromatic nitrogens is 4. The average Bonchev–Trinajstić information content (AvgIpc) is 3.37. The molecule has 3 N–H and O–H groups in total. The number of carbonyl (C=O) groups excluding carboxylic acids is 2. The fourth-order valence-electron chi connectivity index (χ4n) is 5.25. The van der Waals surface area contributed by atoms with Gasteiger partial charge in [0.2, 0.25) is 11.9 Å². The van der Waals surface area contributed by atoms with Crippen molar-refractivity contribution in [2.75, 3.05) is 20.4 Å². The van der Waals surface area contributed by atoms with Crippen LogP contribution in [0.4, 0.5) is 39.3 Å². The Kier molecular flexibility index (Phi) is 7.60. The molecule has 12 heteroatoms. The van der Waals surface area contributed by atoms with Gasteiger partial charge in [-0.3, -0.25) is 14.4 Å². The number of carbonyl (C=O) groups is 2. The molecule has 1 aliphatic heterocycles. The lowest BCUT2D eigenvalue weighted by Gasteiger charge is -2.36. The van der Waals surface area contributed by atoms with E-state index in [0.29, 0.717) is 22.9 Å². The standard InChI is InChI=1S/C30H29ClN8O3/c1-2-26(41)33-20-7-6-10-23(15-20)39-28-19(17-37(30(39)42)21-8-4-3-5-9-21)16-32-29(35-28)34-25-18-38(36-27(25)31)22-11-13-24(40)14-12-22/h2-10,15-16,18,22,24,40H,1,11-14,17H2,(H,33,41)(H,32,34,35). The van der Waals surface area contributed by atoms with Crippen LogP contribution in [0.3, 0.4) is 0 Å². The van der Waals surface area contributed by atoms with Crippen LogP contribution < -0.4 is 20.4 Å². The van der Waals surface area contributed by atoms with Crippen LogP contribution >= 0.6 is 11.6 Å². The van der Waals surface area contributed by atoms with Gasteiger partial charge in [-0.1, -0.05) is 42.4 Å². The van der Waals surface area contributed by atoms with E-state index >= 15 is 0 Å². The molecule has 3 heterocycles. The van der Waals surface area contributed by atoms with Gasteiger partial charge in [0.15, 0.2) is 11.0 Å². The molecular formula is C30H29ClN8O3. The zero-order chi connectivity index (χ0) is 29.2. The van der Waals surface area contributed by atoms with Crippen molar-refractivity contribution in [3.05, 3.63) is 90.4 Å². The van der Waals surface area contributed by atoms with Crippen molar-refractivity contribution in [3.63, 3.8) is 0 Å². The van der Waals surface area contributed by atoms with Crippen molar-refractivity contribution in [2.45, 2.75) is 44.4 Å². The summed E-state index contributed by atoms with van der Waals surface area (Å²) in [4.78, 5) is 38.4. The molecule has 0 saturated heterocycles. The summed E-state index contributed by atoms with van der Waals surface area (Å²) in [6.07, 6.45) is 7.49. The third kappa shape index (κ3) is 5.56. The average molecular weight is 585 g/mol. The number of halogens is 1. The van der Waals surface area contributed by atoms with Crippen molar-refractivity contribution in [1.82, 2.24) is 19.7 Å². The molecule has 2 aromatic heterocycles. The first kappa shape index (κ1) is 27.4. The second kappa shape index (κ2) is 11.6. The molecule has 2 aliphatic rings. The number of anilines is 6. The maximum Gasteiger partial charge on any atom is 0.335 e. The number of aliphatic hydroxyl groups excluding tert-OH is 1. The molecule has 1 aliphatic carbocycles. The minimum Gasteiger partial charge on any atom is -0.393 e. The number of para-hydroxylation sites is 1. The Bertz CT molecular complexity index is 1630. The summed E-state index contributed by atoms with van der Waals surface area (Å²) in [6.45, 7) is 3.77. The quantitative estimate of drug-likeness (QED) is 0.229. The first-order valence-electron chi connectivity index (χ1n) is 13.7. The van der Waals surface area contributed by atoms with Gasteiger partial charge in [-0.15, -0.1) is 0 Å². The number of hydrogen-bond donors (Lipinski definition) is 3. The van der Waals surface area contributed by atoms with Crippen molar-refractivity contribution in [3.8, 4) is 0 Å². The van der Waals surface area contributed by atoms with E-state index < -0.39 is 0 Å². The smallest absolute Gasteiger partial charge is 0.335 e. The Morgan fingerprint density at radius 3 is 2.60 bits per heavy atom. The Labute approximate surface area is 247 Å². The minimum absolute atomic E-state index is 0.150. The van der Waals surface area contributed by atoms with Crippen LogP contribution in [0, 0.1) is 0 Å². The number of aliphatic hydroxyl groups is 1. The zero-order valence-corrected chi connectivity index (χ0v) is 23.4. The summed E-state index contributed by atoms with van der Waals surface area (Å²) in [7, 11) is 0. The summed E-state index contributed by atoms with van der Waals surface area (Å²) in [5.74, 6) is 0.289. The van der Waals surface area contributed by atoms with Gasteiger partial charge < -0.3 is 15.7 Å². The summed E-state index contributed by atoms with van der Waals surface area (Å²) >= 11 is 6.48. The highest BCUT2D eigenvalue weighted by molar-refractivity contribution is 6.32. The SMILES string of the molecule is C=CC(=O)Nc1cccc(N2C(=O)N(c3ccccc3)Cc3cnc(Nc4cn(C5CCC(O)CC5)nc4Cl)nc32)c1. The number of nitrogens with one attached hydrogen (secondary N) is 2. The van der Waals surface area contributed by atoms with E-state index in [4.69, 9.17) is 16.6 Å². The molecule has 2 aromatic carbocycles. The molecule has 4 aromatic rings. The molecule has 3 amide bonds. The van der Waals surface area contributed by atoms with Crippen molar-refractivity contribution < 1.29 is 14.7 Å². The molecule has 1 saturated carbocycles. The third-order valence-electron chi connectivity index (χ3n) is 7.40. The monoisotopic (exact) mass is 584 g/mol. The van der Waals surface area contributed by atoms with Crippen LogP contribution in [-0.2, 0) is 11.3 Å². The molecular weight excluding hydrogens is 556 g/mol. The van der Waals surface area contributed by atoms with E-state index in [-0.39, 0.29) is 41.7 Å². The normalized spacial score (nSPS) is 18.4. The Morgan fingerprint density at radius 1 is 1.07 bits per heavy atom. The molecule has 42 heavy (non-hydrogen) atoms. The molecule has 0 bridgehead atoms. The molecule has 0 atom stereocenters. The van der Waals surface area contributed by atoms with Crippen molar-refractivity contribution in [1.29, 1.82) is 0 Å². The highest BCUT2D eigenvalue weighted by Crippen LogP contribution is 2.38. The first-order chi connectivity index (χ1) is 20.4. The number of amides is 3. The van der Waals surface area contributed by atoms with Gasteiger partial charge in [0.1, 0.15) is 0 Å². The molecule has 0 unspecified atom stereocenters. The number of rotatable bonds is 7. The van der Waals surface area contributed by atoms with Crippen molar-refractivity contribution >= 4 is 58.1 Å². The first-order valence-corrected chi connectivity index (χ1v) is 14.0. The molecule has 11 nitrogen and oxygen atoms in total. The lowest BCUT2D eigenvalue weighted by atomic mass is 9.93. The molecule has 6 rings (SSSR count). The largest absolute Gasteiger partial charge is 0.393 e. The highest BCUT2D eigenvalue weighted by atomic mass is 35.5. The lowest BCUT2D eigenvalue weighted by molar-refractivity contribution is -0.111. The van der Waals surface area contributed by atoms with E-state index in [1.165, 1.54) is 11.0 Å². The Morgan fingerprint density at radius 2 is 1.83 bits per heavy atom. The maximum atomic E-state index is 14.0. The second-order valence-corrected chi connectivity index (χ2v) is 10.6. The fourth-order valence-corrected chi connectivity index (χ4v) is 5.44. The summed E-state index contributed by atoms with van der Waals surface area (Å²) < 4.78 is 1.82. The van der Waals surface area contributed by atoms with E-state index in [2.05, 4.69) is 27.3 Å². The lowest BCUT2D eigenvalue weighted by Crippen LogP contribution is -2.45. The Hall–Kier alpha value is -4.74. The summed E-state index contributed by atoms with van der Waals surface area (Å²) in [5, 5.41) is 20.5. The van der Waals surface area contributed by atoms with E-state index in [1.54, 1.807) is 35.4 Å². The van der Waals surface area contributed by atoms with Gasteiger partial charge in [0.25, 0.3) is 0 Å². The van der Waals surface area contributed by atoms with Crippen LogP contribution in [0.5, 0.6) is 0 Å². The van der Waals surface area contributed by atoms with Gasteiger partial charge >= 0.3 is 6.03 Å². The van der Waals surface area contributed by atoms with Crippen LogP contribution in [0.15, 0.2) is 79.6 Å². The van der Waals surface area contributed by atoms with E-state index in [9.17, 15) is 14.7 Å². The molecule has 0 radical (unpaired) electrons. The summed E-state index contributed by atoms with van der Waals surface area (Å²) in [5.41, 5.74) is 3.01. The summed E-state index contributed by atoms with van der Waals surface area (Å²) in [6, 6.07) is 16.2. The van der Waals surface area contributed by atoms with Crippen LogP contribution in [0.25, 0.3) is 0 Å². The second-order valence-electron chi connectivity index (χ2n) is 10.2. The predicted molar refractivity (Wildman–Crippen MR) is 161 cm³/mol. The van der Waals surface area contributed by atoms with Crippen LogP contribution in [0.2, 0.25) is 5.15 Å². The predicted octanol–water partition coefficient (Wildman–Crippen LogP) is 5.95. The number of urea groups is 1. The highest BCUT2D eigenvalue weighted by Gasteiger charge is 2.34. The van der Waals surface area contributed by atoms with Gasteiger partial charge in [-0.05, 0) is 62.1 Å². The number of nitrogens with zero attached hydrogens (tertiary/aromatic N) is 6. The zero-order valence-electron chi connectivity index (χ0n) is 22.7. The topological polar surface area (TPSA) is 129 Å². The number of hydrogen-bond acceptors (Lipinski definition) is 7. The van der Waals surface area contributed by atoms with E-state index in [1.807, 2.05) is 41.2 Å². The molecule has 1 fully saturated rings. The van der Waals surface area contributed by atoms with Gasteiger partial charge in [-0.2, -0.15) is 10.1 Å². The molecule has 214 valence electrons. The van der Waals surface area contributed by atoms with Gasteiger partial charge in [0.05, 0.1) is 36.3 Å². The fraction of sp³-hybridized carbons (Fsp3) is 0.233. The van der Waals surface area contributed by atoms with Gasteiger partial charge in [-0.25, -0.2) is 14.7 Å². The van der Waals surface area contributed by atoms with Crippen LogP contribution in [0.1, 0.15) is 37.3 Å². The van der Waals surface area contributed by atoms with Crippen LogP contribution in [-0.4, -0.2) is 42.9 Å². The Balaban J connectivity index is 1.35. The number of benzene rings is 2. The number of fused-ring (bicyclic) bond motifs is 1. The maximum absolute atomic E-state index is 14.0. The minimum atomic E-state index is -0.362. The third-order valence-corrected chi connectivity index (χ3v) is 7.68. The van der Waals surface area contributed by atoms with Crippen molar-refractivity contribution in [2.24, 2.45) is 0 Å². The van der Waals surface area contributed by atoms with Gasteiger partial charge in [0, 0.05) is 23.1 Å². The van der Waals surface area contributed by atoms with E-state index in [0.717, 1.165) is 36.9 Å².